The van der Waals surface area contributed by atoms with Crippen molar-refractivity contribution in [2.75, 3.05) is 5.32 Å². The second-order valence-electron chi connectivity index (χ2n) is 5.92. The third-order valence-corrected chi connectivity index (χ3v) is 3.88. The van der Waals surface area contributed by atoms with Crippen molar-refractivity contribution in [1.82, 2.24) is 9.78 Å². The average Bonchev–Trinajstić information content (AvgIpc) is 3.33. The molecule has 0 radical (unpaired) electrons. The van der Waals surface area contributed by atoms with Crippen LogP contribution in [0.25, 0.3) is 0 Å². The minimum atomic E-state index is -1.70. The summed E-state index contributed by atoms with van der Waals surface area (Å²) in [5, 5.41) is 6.32. The van der Waals surface area contributed by atoms with Crippen molar-refractivity contribution in [2.24, 2.45) is 5.73 Å². The number of hydrogen-bond acceptors (Lipinski definition) is 5. The summed E-state index contributed by atoms with van der Waals surface area (Å²) in [7, 11) is 0. The maximum atomic E-state index is 13.6. The monoisotopic (exact) mass is 426 g/mol. The van der Waals surface area contributed by atoms with Crippen LogP contribution in [0.1, 0.15) is 33.7 Å². The lowest BCUT2D eigenvalue weighted by atomic mass is 10.3. The Morgan fingerprint density at radius 1 is 1.20 bits per heavy atom. The number of aryl methyl sites for hydroxylation is 1. The van der Waals surface area contributed by atoms with E-state index in [0.717, 1.165) is 0 Å². The first-order valence-electron chi connectivity index (χ1n) is 8.44. The summed E-state index contributed by atoms with van der Waals surface area (Å²) in [6.45, 7) is 1.56. The van der Waals surface area contributed by atoms with Crippen molar-refractivity contribution in [2.45, 2.75) is 20.1 Å². The minimum Gasteiger partial charge on any atom is -0.479 e. The molecule has 0 aliphatic carbocycles. The van der Waals surface area contributed by atoms with Gasteiger partial charge in [-0.05, 0) is 19.1 Å². The topological polar surface area (TPSA) is 112 Å². The van der Waals surface area contributed by atoms with E-state index in [1.54, 1.807) is 6.92 Å². The molecule has 2 aromatic heterocycles. The quantitative estimate of drug-likeness (QED) is 0.446. The van der Waals surface area contributed by atoms with Crippen molar-refractivity contribution in [3.63, 3.8) is 0 Å². The van der Waals surface area contributed by atoms with Gasteiger partial charge < -0.3 is 20.2 Å². The Labute approximate surface area is 166 Å². The van der Waals surface area contributed by atoms with Crippen LogP contribution >= 0.6 is 0 Å². The first kappa shape index (κ1) is 20.9. The number of aromatic nitrogens is 2. The van der Waals surface area contributed by atoms with E-state index in [0.29, 0.717) is 6.54 Å². The van der Waals surface area contributed by atoms with E-state index in [1.807, 2.05) is 0 Å². The maximum Gasteiger partial charge on any atom is 0.291 e. The molecule has 0 saturated carbocycles. The van der Waals surface area contributed by atoms with Gasteiger partial charge in [0.25, 0.3) is 11.8 Å². The van der Waals surface area contributed by atoms with Gasteiger partial charge in [-0.25, -0.2) is 8.78 Å². The molecule has 0 aliphatic rings. The van der Waals surface area contributed by atoms with Gasteiger partial charge in [-0.15, -0.1) is 0 Å². The summed E-state index contributed by atoms with van der Waals surface area (Å²) in [4.78, 5) is 23.8. The predicted octanol–water partition coefficient (Wildman–Crippen LogP) is 2.98. The van der Waals surface area contributed by atoms with Crippen LogP contribution in [0.4, 0.5) is 23.2 Å². The van der Waals surface area contributed by atoms with Crippen LogP contribution in [0.15, 0.2) is 28.8 Å². The van der Waals surface area contributed by atoms with E-state index in [9.17, 15) is 27.2 Å². The number of anilines is 1. The molecule has 0 bridgehead atoms. The molecule has 2 amide bonds. The summed E-state index contributed by atoms with van der Waals surface area (Å²) in [6, 6.07) is 2.53. The third kappa shape index (κ3) is 4.11. The summed E-state index contributed by atoms with van der Waals surface area (Å²) < 4.78 is 65.0. The average molecular weight is 426 g/mol. The van der Waals surface area contributed by atoms with Crippen molar-refractivity contribution in [1.29, 1.82) is 0 Å². The molecule has 0 atom stereocenters. The zero-order valence-electron chi connectivity index (χ0n) is 15.3. The van der Waals surface area contributed by atoms with E-state index >= 15 is 0 Å². The van der Waals surface area contributed by atoms with Gasteiger partial charge in [0.05, 0.1) is 5.69 Å². The van der Waals surface area contributed by atoms with E-state index in [2.05, 4.69) is 10.4 Å². The number of amides is 2. The number of nitrogens with zero attached hydrogens (tertiary/aromatic N) is 2. The van der Waals surface area contributed by atoms with E-state index in [4.69, 9.17) is 14.9 Å². The van der Waals surface area contributed by atoms with Crippen molar-refractivity contribution >= 4 is 17.5 Å². The van der Waals surface area contributed by atoms with Crippen molar-refractivity contribution in [3.8, 4) is 5.75 Å². The van der Waals surface area contributed by atoms with Crippen LogP contribution in [-0.4, -0.2) is 21.6 Å². The van der Waals surface area contributed by atoms with Gasteiger partial charge in [0.1, 0.15) is 12.4 Å². The largest absolute Gasteiger partial charge is 0.479 e. The van der Waals surface area contributed by atoms with E-state index < -0.39 is 47.4 Å². The Morgan fingerprint density at radius 3 is 2.47 bits per heavy atom. The van der Waals surface area contributed by atoms with Gasteiger partial charge >= 0.3 is 0 Å². The van der Waals surface area contributed by atoms with Gasteiger partial charge in [-0.3, -0.25) is 14.3 Å². The summed E-state index contributed by atoms with van der Waals surface area (Å²) in [6.07, 6.45) is 1.40. The highest BCUT2D eigenvalue weighted by Crippen LogP contribution is 2.27. The van der Waals surface area contributed by atoms with Gasteiger partial charge in [0.2, 0.25) is 11.6 Å². The summed E-state index contributed by atoms with van der Waals surface area (Å²) in [5.74, 6) is -9.83. The molecule has 3 aromatic rings. The third-order valence-electron chi connectivity index (χ3n) is 3.88. The lowest BCUT2D eigenvalue weighted by molar-refractivity contribution is 0.0992. The number of carbonyl (C=O) groups is 2. The number of halogens is 4. The molecule has 3 N–H and O–H groups in total. The molecule has 12 heteroatoms. The molecule has 158 valence electrons. The van der Waals surface area contributed by atoms with Gasteiger partial charge in [0.15, 0.2) is 28.8 Å². The molecule has 30 heavy (non-hydrogen) atoms. The number of carbonyl (C=O) groups excluding carboxylic acids is 2. The highest BCUT2D eigenvalue weighted by atomic mass is 19.2. The number of ether oxygens (including phenoxy) is 1. The molecule has 0 spiro atoms. The van der Waals surface area contributed by atoms with Crippen LogP contribution in [0.5, 0.6) is 5.75 Å². The molecule has 0 saturated heterocycles. The molecule has 8 nitrogen and oxygen atoms in total. The number of nitrogens with one attached hydrogen (secondary N) is 1. The van der Waals surface area contributed by atoms with Crippen LogP contribution < -0.4 is 15.8 Å². The molecule has 0 aliphatic heterocycles. The lowest BCUT2D eigenvalue weighted by Crippen LogP contribution is -2.17. The highest BCUT2D eigenvalue weighted by Gasteiger charge is 2.22. The predicted molar refractivity (Wildman–Crippen MR) is 93.7 cm³/mol. The SMILES string of the molecule is CCn1cc(NC(=O)c2ccc(COc3c(F)c(F)cc(F)c3F)o2)c(C(N)=O)n1. The molecule has 2 heterocycles. The fraction of sp³-hybridized carbons (Fsp3) is 0.167. The number of nitrogens with two attached hydrogens (primary N) is 1. The first-order valence-corrected chi connectivity index (χ1v) is 8.44. The van der Waals surface area contributed by atoms with Crippen LogP contribution in [0, 0.1) is 23.3 Å². The van der Waals surface area contributed by atoms with Gasteiger partial charge in [0, 0.05) is 18.8 Å². The normalized spacial score (nSPS) is 10.8. The fourth-order valence-corrected chi connectivity index (χ4v) is 2.44. The molecule has 1 aromatic carbocycles. The fourth-order valence-electron chi connectivity index (χ4n) is 2.44. The zero-order valence-corrected chi connectivity index (χ0v) is 15.3. The Kier molecular flexibility index (Phi) is 5.76. The smallest absolute Gasteiger partial charge is 0.291 e. The highest BCUT2D eigenvalue weighted by molar-refractivity contribution is 6.06. The Balaban J connectivity index is 1.72. The number of primary amides is 1. The van der Waals surface area contributed by atoms with Crippen LogP contribution in [0.3, 0.4) is 0 Å². The molecule has 3 rings (SSSR count). The second kappa shape index (κ2) is 8.27. The zero-order chi connectivity index (χ0) is 22.0. The van der Waals surface area contributed by atoms with E-state index in [-0.39, 0.29) is 29.0 Å². The van der Waals surface area contributed by atoms with Crippen molar-refractivity contribution in [3.05, 3.63) is 64.9 Å². The van der Waals surface area contributed by atoms with Crippen LogP contribution in [-0.2, 0) is 13.2 Å². The van der Waals surface area contributed by atoms with E-state index in [1.165, 1.54) is 23.0 Å². The number of benzene rings is 1. The molecule has 0 fully saturated rings. The lowest BCUT2D eigenvalue weighted by Gasteiger charge is -2.08. The number of furan rings is 1. The Morgan fingerprint density at radius 2 is 1.87 bits per heavy atom. The maximum absolute atomic E-state index is 13.6. The summed E-state index contributed by atoms with van der Waals surface area (Å²) in [5.41, 5.74) is 5.13. The Bertz CT molecular complexity index is 1100. The summed E-state index contributed by atoms with van der Waals surface area (Å²) >= 11 is 0. The minimum absolute atomic E-state index is 0.0495. The molecule has 0 unspecified atom stereocenters. The van der Waals surface area contributed by atoms with Gasteiger partial charge in [-0.1, -0.05) is 0 Å². The first-order chi connectivity index (χ1) is 14.2. The molecular weight excluding hydrogens is 412 g/mol. The molecular formula is C18H14F4N4O4. The standard InChI is InChI=1S/C18H14F4N4O4/c1-2-26-6-11(15(25-26)17(23)27)24-18(28)12-4-3-8(30-12)7-29-16-13(21)9(19)5-10(20)14(16)22/h3-6H,2,7H2,1H3,(H2,23,27)(H,24,28). The van der Waals surface area contributed by atoms with Crippen molar-refractivity contribution < 1.29 is 36.3 Å². The van der Waals surface area contributed by atoms with Gasteiger partial charge in [-0.2, -0.15) is 13.9 Å². The van der Waals surface area contributed by atoms with Crippen LogP contribution in [0.2, 0.25) is 0 Å². The number of hydrogen-bond donors (Lipinski definition) is 2. The number of rotatable bonds is 7. The Hall–Kier alpha value is -3.83. The second-order valence-corrected chi connectivity index (χ2v) is 5.92.